The molecule has 2 rings (SSSR count). The molecule has 10 nitrogen and oxygen atoms in total. The number of rotatable bonds is 6. The summed E-state index contributed by atoms with van der Waals surface area (Å²) in [6, 6.07) is 2.96. The minimum Gasteiger partial charge on any atom is -0.496 e. The number of hydrogen-bond acceptors (Lipinski definition) is 7. The number of carbonyl (C=O) groups excluding carboxylic acids is 1. The first-order chi connectivity index (χ1) is 14.6. The van der Waals surface area contributed by atoms with Crippen molar-refractivity contribution in [2.45, 2.75) is 25.1 Å². The number of anilines is 1. The first-order valence-electron chi connectivity index (χ1n) is 9.05. The summed E-state index contributed by atoms with van der Waals surface area (Å²) in [5.74, 6) is -2.99. The Hall–Kier alpha value is -2.29. The molecule has 1 saturated heterocycles. The Bertz CT molecular complexity index is 921. The third-order valence-electron chi connectivity index (χ3n) is 4.39. The molecule has 0 aromatic heterocycles. The van der Waals surface area contributed by atoms with Crippen molar-refractivity contribution >= 4 is 39.3 Å². The Balaban J connectivity index is 0.000000633. The van der Waals surface area contributed by atoms with E-state index in [9.17, 15) is 26.4 Å². The summed E-state index contributed by atoms with van der Waals surface area (Å²) < 4.78 is 67.3. The van der Waals surface area contributed by atoms with Crippen molar-refractivity contribution in [3.8, 4) is 5.75 Å². The summed E-state index contributed by atoms with van der Waals surface area (Å²) in [7, 11) is -2.50. The molecule has 1 amide bonds. The SMILES string of the molecule is COc1cc(N)c(Cl)cc1C(=O)NC1CCN(CCS(=O)(=O)O)CC1.O=C(O)C(F)(F)F. The molecule has 0 radical (unpaired) electrons. The van der Waals surface area contributed by atoms with Crippen LogP contribution in [0.3, 0.4) is 0 Å². The first-order valence-corrected chi connectivity index (χ1v) is 11.0. The van der Waals surface area contributed by atoms with E-state index in [0.29, 0.717) is 42.9 Å². The van der Waals surface area contributed by atoms with Gasteiger partial charge < -0.3 is 25.8 Å². The van der Waals surface area contributed by atoms with E-state index in [1.807, 2.05) is 4.90 Å². The number of aliphatic carboxylic acids is 1. The molecular formula is C17H23ClF3N3O7S. The highest BCUT2D eigenvalue weighted by Gasteiger charge is 2.38. The molecule has 1 heterocycles. The van der Waals surface area contributed by atoms with Gasteiger partial charge in [-0.05, 0) is 18.9 Å². The Kier molecular flexibility index (Phi) is 10.0. The predicted molar refractivity (Wildman–Crippen MR) is 109 cm³/mol. The Morgan fingerprint density at radius 1 is 1.31 bits per heavy atom. The van der Waals surface area contributed by atoms with Crippen LogP contribution in [0.2, 0.25) is 5.02 Å². The van der Waals surface area contributed by atoms with Crippen LogP contribution in [0.4, 0.5) is 18.9 Å². The van der Waals surface area contributed by atoms with Crippen LogP contribution in [0, 0.1) is 0 Å². The largest absolute Gasteiger partial charge is 0.496 e. The number of ether oxygens (including phenoxy) is 1. The van der Waals surface area contributed by atoms with Crippen molar-refractivity contribution in [2.75, 3.05) is 38.2 Å². The van der Waals surface area contributed by atoms with Gasteiger partial charge in [-0.25, -0.2) is 4.79 Å². The fourth-order valence-electron chi connectivity index (χ4n) is 2.72. The fourth-order valence-corrected chi connectivity index (χ4v) is 3.38. The number of benzene rings is 1. The number of amides is 1. The molecule has 15 heteroatoms. The average molecular weight is 506 g/mol. The average Bonchev–Trinajstić information content (AvgIpc) is 2.68. The van der Waals surface area contributed by atoms with Gasteiger partial charge >= 0.3 is 12.1 Å². The molecule has 1 fully saturated rings. The highest BCUT2D eigenvalue weighted by atomic mass is 35.5. The highest BCUT2D eigenvalue weighted by Crippen LogP contribution is 2.29. The smallest absolute Gasteiger partial charge is 0.490 e. The summed E-state index contributed by atoms with van der Waals surface area (Å²) in [6.07, 6.45) is -3.72. The van der Waals surface area contributed by atoms with Crippen molar-refractivity contribution in [2.24, 2.45) is 0 Å². The molecule has 1 aromatic carbocycles. The molecule has 0 bridgehead atoms. The second-order valence-corrected chi connectivity index (χ2v) is 8.73. The third kappa shape index (κ3) is 9.46. The standard InChI is InChI=1S/C15H22ClN3O5S.C2HF3O2/c1-24-14-9-13(17)12(16)8-11(14)15(20)18-10-2-4-19(5-3-10)6-7-25(21,22)23;3-2(4,5)1(6)7/h8-10H,2-7,17H2,1H3,(H,18,20)(H,21,22,23);(H,6,7). The van der Waals surface area contributed by atoms with Crippen LogP contribution in [0.15, 0.2) is 12.1 Å². The number of nitrogens with one attached hydrogen (secondary N) is 1. The molecule has 0 aliphatic carbocycles. The van der Waals surface area contributed by atoms with Gasteiger partial charge in [0.15, 0.2) is 0 Å². The minimum atomic E-state index is -5.08. The maximum atomic E-state index is 12.5. The summed E-state index contributed by atoms with van der Waals surface area (Å²) in [4.78, 5) is 23.3. The number of nitrogen functional groups attached to an aromatic ring is 1. The summed E-state index contributed by atoms with van der Waals surface area (Å²) in [5.41, 5.74) is 6.36. The zero-order valence-corrected chi connectivity index (χ0v) is 18.4. The monoisotopic (exact) mass is 505 g/mol. The lowest BCUT2D eigenvalue weighted by Crippen LogP contribution is -2.45. The highest BCUT2D eigenvalue weighted by molar-refractivity contribution is 7.85. The van der Waals surface area contributed by atoms with E-state index in [1.54, 1.807) is 0 Å². The van der Waals surface area contributed by atoms with E-state index in [1.165, 1.54) is 19.2 Å². The molecule has 1 aliphatic heterocycles. The van der Waals surface area contributed by atoms with Crippen molar-refractivity contribution in [3.63, 3.8) is 0 Å². The van der Waals surface area contributed by atoms with Crippen molar-refractivity contribution in [1.82, 2.24) is 10.2 Å². The van der Waals surface area contributed by atoms with Gasteiger partial charge in [0.05, 0.1) is 29.1 Å². The number of carboxylic acids is 1. The molecule has 0 atom stereocenters. The van der Waals surface area contributed by atoms with Crippen LogP contribution < -0.4 is 15.8 Å². The van der Waals surface area contributed by atoms with Gasteiger partial charge in [0.1, 0.15) is 5.75 Å². The van der Waals surface area contributed by atoms with Crippen LogP contribution >= 0.6 is 11.6 Å². The fraction of sp³-hybridized carbons (Fsp3) is 0.529. The number of carbonyl (C=O) groups is 2. The quantitative estimate of drug-likeness (QED) is 0.333. The van der Waals surface area contributed by atoms with Gasteiger partial charge in [0, 0.05) is 31.7 Å². The molecule has 1 aromatic rings. The van der Waals surface area contributed by atoms with E-state index >= 15 is 0 Å². The van der Waals surface area contributed by atoms with E-state index in [4.69, 9.17) is 36.5 Å². The normalized spacial score (nSPS) is 15.4. The molecule has 1 aliphatic rings. The molecule has 0 spiro atoms. The lowest BCUT2D eigenvalue weighted by molar-refractivity contribution is -0.192. The molecule has 32 heavy (non-hydrogen) atoms. The van der Waals surface area contributed by atoms with Gasteiger partial charge in [-0.1, -0.05) is 11.6 Å². The van der Waals surface area contributed by atoms with Crippen LogP contribution in [-0.2, 0) is 14.9 Å². The maximum Gasteiger partial charge on any atom is 0.490 e. The van der Waals surface area contributed by atoms with E-state index < -0.39 is 22.3 Å². The van der Waals surface area contributed by atoms with Gasteiger partial charge in [0.2, 0.25) is 0 Å². The molecule has 182 valence electrons. The second-order valence-electron chi connectivity index (χ2n) is 6.75. The Morgan fingerprint density at radius 3 is 2.28 bits per heavy atom. The Labute approximate surface area is 187 Å². The number of nitrogens with zero attached hydrogens (tertiary/aromatic N) is 1. The topological polar surface area (TPSA) is 159 Å². The number of likely N-dealkylation sites (tertiary alicyclic amines) is 1. The molecule has 5 N–H and O–H groups in total. The number of alkyl halides is 3. The summed E-state index contributed by atoms with van der Waals surface area (Å²) in [6.45, 7) is 1.56. The number of nitrogens with two attached hydrogens (primary N) is 1. The van der Waals surface area contributed by atoms with Gasteiger partial charge in [0.25, 0.3) is 16.0 Å². The van der Waals surface area contributed by atoms with Crippen molar-refractivity contribution in [1.29, 1.82) is 0 Å². The summed E-state index contributed by atoms with van der Waals surface area (Å²) in [5, 5.41) is 10.3. The lowest BCUT2D eigenvalue weighted by atomic mass is 10.0. The Morgan fingerprint density at radius 2 is 1.84 bits per heavy atom. The van der Waals surface area contributed by atoms with Gasteiger partial charge in [-0.3, -0.25) is 9.35 Å². The predicted octanol–water partition coefficient (Wildman–Crippen LogP) is 1.65. The van der Waals surface area contributed by atoms with Gasteiger partial charge in [-0.15, -0.1) is 0 Å². The van der Waals surface area contributed by atoms with E-state index in [0.717, 1.165) is 0 Å². The number of carboxylic acid groups (broad SMARTS) is 1. The first kappa shape index (κ1) is 27.7. The number of hydrogen-bond donors (Lipinski definition) is 4. The zero-order chi connectivity index (χ0) is 24.7. The number of methoxy groups -OCH3 is 1. The maximum absolute atomic E-state index is 12.5. The van der Waals surface area contributed by atoms with Crippen LogP contribution in [0.25, 0.3) is 0 Å². The molecule has 0 saturated carbocycles. The number of piperidine rings is 1. The van der Waals surface area contributed by atoms with Crippen molar-refractivity contribution < 1.29 is 45.6 Å². The lowest BCUT2D eigenvalue weighted by Gasteiger charge is -2.32. The van der Waals surface area contributed by atoms with Crippen molar-refractivity contribution in [3.05, 3.63) is 22.7 Å². The second kappa shape index (κ2) is 11.5. The summed E-state index contributed by atoms with van der Waals surface area (Å²) >= 11 is 5.98. The van der Waals surface area contributed by atoms with Crippen LogP contribution in [0.5, 0.6) is 5.75 Å². The van der Waals surface area contributed by atoms with Crippen LogP contribution in [0.1, 0.15) is 23.2 Å². The van der Waals surface area contributed by atoms with Gasteiger partial charge in [-0.2, -0.15) is 21.6 Å². The molecule has 0 unspecified atom stereocenters. The molecular weight excluding hydrogens is 483 g/mol. The van der Waals surface area contributed by atoms with E-state index in [-0.39, 0.29) is 29.3 Å². The minimum absolute atomic E-state index is 0.0319. The third-order valence-corrected chi connectivity index (χ3v) is 5.42. The zero-order valence-electron chi connectivity index (χ0n) is 16.9. The van der Waals surface area contributed by atoms with Crippen LogP contribution in [-0.4, -0.2) is 79.6 Å². The number of halogens is 4. The van der Waals surface area contributed by atoms with E-state index in [2.05, 4.69) is 5.32 Å².